The number of hydrogen-bond donors (Lipinski definition) is 2. The smallest absolute Gasteiger partial charge is 0.408 e. The summed E-state index contributed by atoms with van der Waals surface area (Å²) in [6.07, 6.45) is 6.76. The first kappa shape index (κ1) is 34.2. The van der Waals surface area contributed by atoms with Crippen molar-refractivity contribution in [2.24, 2.45) is 0 Å². The molecule has 0 spiro atoms. The van der Waals surface area contributed by atoms with Crippen molar-refractivity contribution in [3.63, 3.8) is 0 Å². The number of nitrogens with one attached hydrogen (secondary N) is 2. The molecule has 2 N–H and O–H groups in total. The highest BCUT2D eigenvalue weighted by molar-refractivity contribution is 7.98. The van der Waals surface area contributed by atoms with Gasteiger partial charge in [0.2, 0.25) is 5.91 Å². The van der Waals surface area contributed by atoms with E-state index in [0.29, 0.717) is 24.4 Å². The van der Waals surface area contributed by atoms with Crippen molar-refractivity contribution in [3.05, 3.63) is 65.2 Å². The van der Waals surface area contributed by atoms with Gasteiger partial charge in [-0.15, -0.1) is 0 Å². The predicted molar refractivity (Wildman–Crippen MR) is 170 cm³/mol. The summed E-state index contributed by atoms with van der Waals surface area (Å²) in [5, 5.41) is 5.90. The number of carbonyl (C=O) groups is 3. The molecule has 0 aromatic heterocycles. The number of carbonyl (C=O) groups excluding carboxylic acids is 3. The first-order valence-electron chi connectivity index (χ1n) is 14.7. The van der Waals surface area contributed by atoms with Crippen molar-refractivity contribution in [1.29, 1.82) is 0 Å². The lowest BCUT2D eigenvalue weighted by atomic mass is 9.99. The SMILES string of the molecule is CCCCCCCN(C(=O)C(CCSC)NC(=O)OC(C)(C)C)C(C(=O)Nc1ccccc1C)c1cccc(C)c1. The maximum atomic E-state index is 14.4. The van der Waals surface area contributed by atoms with Crippen molar-refractivity contribution in [2.45, 2.75) is 97.8 Å². The zero-order valence-electron chi connectivity index (χ0n) is 25.9. The highest BCUT2D eigenvalue weighted by Crippen LogP contribution is 2.27. The molecule has 0 saturated carbocycles. The van der Waals surface area contributed by atoms with Gasteiger partial charge in [0.15, 0.2) is 0 Å². The van der Waals surface area contributed by atoms with Crippen LogP contribution in [-0.2, 0) is 14.3 Å². The van der Waals surface area contributed by atoms with Gasteiger partial charge in [0, 0.05) is 12.2 Å². The molecule has 0 aliphatic heterocycles. The Morgan fingerprint density at radius 1 is 0.976 bits per heavy atom. The number of para-hydroxylation sites is 1. The van der Waals surface area contributed by atoms with Crippen LogP contribution >= 0.6 is 11.8 Å². The molecule has 7 nitrogen and oxygen atoms in total. The topological polar surface area (TPSA) is 87.7 Å². The van der Waals surface area contributed by atoms with Crippen molar-refractivity contribution in [2.75, 3.05) is 23.9 Å². The van der Waals surface area contributed by atoms with E-state index in [1.807, 2.05) is 68.6 Å². The Bertz CT molecular complexity index is 1130. The van der Waals surface area contributed by atoms with E-state index in [1.54, 1.807) is 37.4 Å². The highest BCUT2D eigenvalue weighted by atomic mass is 32.2. The van der Waals surface area contributed by atoms with Crippen molar-refractivity contribution >= 4 is 35.4 Å². The molecule has 8 heteroatoms. The fourth-order valence-corrected chi connectivity index (χ4v) is 5.09. The maximum absolute atomic E-state index is 14.4. The number of thioether (sulfide) groups is 1. The first-order chi connectivity index (χ1) is 19.5. The monoisotopic (exact) mass is 583 g/mol. The molecular formula is C33H49N3O4S. The second-order valence-corrected chi connectivity index (χ2v) is 12.5. The molecule has 0 heterocycles. The van der Waals surface area contributed by atoms with Crippen LogP contribution in [0.4, 0.5) is 10.5 Å². The van der Waals surface area contributed by atoms with Crippen molar-refractivity contribution in [1.82, 2.24) is 10.2 Å². The van der Waals surface area contributed by atoms with Crippen LogP contribution in [-0.4, -0.2) is 53.0 Å². The standard InChI is InChI=1S/C33H49N3O4S/c1-8-9-10-11-14-21-36(31(38)28(20-22-41-7)35-32(39)40-33(4,5)6)29(26-18-15-16-24(2)23-26)30(37)34-27-19-13-12-17-25(27)3/h12-13,15-19,23,28-29H,8-11,14,20-22H2,1-7H3,(H,34,37)(H,35,39). The minimum Gasteiger partial charge on any atom is -0.444 e. The summed E-state index contributed by atoms with van der Waals surface area (Å²) in [7, 11) is 0. The number of anilines is 1. The Kier molecular flexibility index (Phi) is 14.2. The first-order valence-corrected chi connectivity index (χ1v) is 16.1. The number of benzene rings is 2. The van der Waals surface area contributed by atoms with Crippen LogP contribution in [0.15, 0.2) is 48.5 Å². The fraction of sp³-hybridized carbons (Fsp3) is 0.545. The van der Waals surface area contributed by atoms with Crippen LogP contribution in [0.25, 0.3) is 0 Å². The summed E-state index contributed by atoms with van der Waals surface area (Å²) in [6.45, 7) is 11.8. The van der Waals surface area contributed by atoms with E-state index >= 15 is 0 Å². The van der Waals surface area contributed by atoms with Gasteiger partial charge in [-0.2, -0.15) is 11.8 Å². The van der Waals surface area contributed by atoms with Gasteiger partial charge in [0.25, 0.3) is 5.91 Å². The summed E-state index contributed by atoms with van der Waals surface area (Å²) in [5.74, 6) is 0.0978. The maximum Gasteiger partial charge on any atom is 0.408 e. The van der Waals surface area contributed by atoms with Gasteiger partial charge in [0.05, 0.1) is 0 Å². The largest absolute Gasteiger partial charge is 0.444 e. The summed E-state index contributed by atoms with van der Waals surface area (Å²) >= 11 is 1.60. The van der Waals surface area contributed by atoms with Crippen LogP contribution < -0.4 is 10.6 Å². The minimum atomic E-state index is -0.870. The fourth-order valence-electron chi connectivity index (χ4n) is 4.62. The third kappa shape index (κ3) is 11.8. The molecule has 41 heavy (non-hydrogen) atoms. The Morgan fingerprint density at radius 3 is 2.32 bits per heavy atom. The summed E-state index contributed by atoms with van der Waals surface area (Å²) in [6, 6.07) is 13.6. The van der Waals surface area contributed by atoms with E-state index in [4.69, 9.17) is 4.74 Å². The summed E-state index contributed by atoms with van der Waals surface area (Å²) in [4.78, 5) is 42.9. The molecule has 0 fully saturated rings. The number of alkyl carbamates (subject to hydrolysis) is 1. The summed E-state index contributed by atoms with van der Waals surface area (Å²) in [5.41, 5.74) is 2.67. The van der Waals surface area contributed by atoms with Crippen LogP contribution in [0.3, 0.4) is 0 Å². The molecule has 226 valence electrons. The third-order valence-electron chi connectivity index (χ3n) is 6.71. The van der Waals surface area contributed by atoms with E-state index in [2.05, 4.69) is 17.6 Å². The van der Waals surface area contributed by atoms with Gasteiger partial charge in [-0.1, -0.05) is 80.6 Å². The van der Waals surface area contributed by atoms with Crippen molar-refractivity contribution in [3.8, 4) is 0 Å². The highest BCUT2D eigenvalue weighted by Gasteiger charge is 2.36. The van der Waals surface area contributed by atoms with Crippen LogP contribution in [0.5, 0.6) is 0 Å². The lowest BCUT2D eigenvalue weighted by molar-refractivity contribution is -0.141. The molecule has 2 unspecified atom stereocenters. The number of ether oxygens (including phenoxy) is 1. The Balaban J connectivity index is 2.52. The van der Waals surface area contributed by atoms with E-state index in [0.717, 1.165) is 48.8 Å². The number of aryl methyl sites for hydroxylation is 2. The normalized spacial score (nSPS) is 12.8. The Hall–Kier alpha value is -3.00. The number of unbranched alkanes of at least 4 members (excludes halogenated alkanes) is 4. The molecule has 0 aliphatic rings. The van der Waals surface area contributed by atoms with Gasteiger partial charge in [-0.3, -0.25) is 9.59 Å². The Morgan fingerprint density at radius 2 is 1.68 bits per heavy atom. The van der Waals surface area contributed by atoms with E-state index in [-0.39, 0.29) is 11.8 Å². The average Bonchev–Trinajstić information content (AvgIpc) is 2.90. The number of hydrogen-bond acceptors (Lipinski definition) is 5. The van der Waals surface area contributed by atoms with Gasteiger partial charge in [0.1, 0.15) is 17.7 Å². The third-order valence-corrected chi connectivity index (χ3v) is 7.35. The average molecular weight is 584 g/mol. The zero-order valence-corrected chi connectivity index (χ0v) is 26.7. The second kappa shape index (κ2) is 17.1. The number of rotatable bonds is 15. The molecule has 0 radical (unpaired) electrons. The van der Waals surface area contributed by atoms with E-state index in [9.17, 15) is 14.4 Å². The predicted octanol–water partition coefficient (Wildman–Crippen LogP) is 7.43. The summed E-state index contributed by atoms with van der Waals surface area (Å²) < 4.78 is 5.50. The van der Waals surface area contributed by atoms with Gasteiger partial charge >= 0.3 is 6.09 Å². The lowest BCUT2D eigenvalue weighted by Gasteiger charge is -2.35. The van der Waals surface area contributed by atoms with Crippen LogP contribution in [0, 0.1) is 13.8 Å². The van der Waals surface area contributed by atoms with E-state index in [1.165, 1.54) is 0 Å². The Labute approximate surface area is 251 Å². The van der Waals surface area contributed by atoms with Crippen molar-refractivity contribution < 1.29 is 19.1 Å². The van der Waals surface area contributed by atoms with Crippen LogP contribution in [0.2, 0.25) is 0 Å². The lowest BCUT2D eigenvalue weighted by Crippen LogP contribution is -2.52. The van der Waals surface area contributed by atoms with Gasteiger partial charge in [-0.25, -0.2) is 4.79 Å². The molecule has 2 rings (SSSR count). The zero-order chi connectivity index (χ0) is 30.4. The molecule has 2 atom stereocenters. The molecule has 2 aromatic carbocycles. The molecule has 3 amide bonds. The van der Waals surface area contributed by atoms with Gasteiger partial charge < -0.3 is 20.3 Å². The van der Waals surface area contributed by atoms with E-state index < -0.39 is 23.8 Å². The van der Waals surface area contributed by atoms with Gasteiger partial charge in [-0.05, 0) is 76.7 Å². The second-order valence-electron chi connectivity index (χ2n) is 11.5. The molecule has 0 aliphatic carbocycles. The quantitative estimate of drug-likeness (QED) is 0.213. The number of amides is 3. The molecular weight excluding hydrogens is 534 g/mol. The minimum absolute atomic E-state index is 0.285. The molecule has 0 saturated heterocycles. The van der Waals surface area contributed by atoms with Crippen LogP contribution in [0.1, 0.15) is 89.0 Å². The number of nitrogens with zero attached hydrogens (tertiary/aromatic N) is 1. The molecule has 0 bridgehead atoms. The molecule has 2 aromatic rings.